The number of thiophene rings is 1. The summed E-state index contributed by atoms with van der Waals surface area (Å²) in [6, 6.07) is 3.53. The lowest BCUT2D eigenvalue weighted by atomic mass is 10.4. The summed E-state index contributed by atoms with van der Waals surface area (Å²) in [4.78, 5) is 25.2. The molecule has 18 heavy (non-hydrogen) atoms. The Morgan fingerprint density at radius 1 is 1.50 bits per heavy atom. The molecule has 0 aliphatic carbocycles. The van der Waals surface area contributed by atoms with Crippen molar-refractivity contribution in [1.29, 1.82) is 0 Å². The Hall–Kier alpha value is -0.630. The van der Waals surface area contributed by atoms with Gasteiger partial charge in [0, 0.05) is 20.1 Å². The predicted octanol–water partition coefficient (Wildman–Crippen LogP) is 1.08. The fraction of sp³-hybridized carbons (Fsp3) is 0.400. The first-order valence-corrected chi connectivity index (χ1v) is 6.63. The largest absolute Gasteiger partial charge is 0.353 e. The minimum atomic E-state index is -0.207. The summed E-state index contributed by atoms with van der Waals surface area (Å²) >= 11 is 4.63. The molecular formula is C10H15BrClN3O2S. The molecule has 0 aliphatic rings. The minimum absolute atomic E-state index is 0. The highest BCUT2D eigenvalue weighted by Crippen LogP contribution is 2.22. The number of hydrogen-bond acceptors (Lipinski definition) is 4. The van der Waals surface area contributed by atoms with E-state index in [0.29, 0.717) is 18.0 Å². The fourth-order valence-corrected chi connectivity index (χ4v) is 2.55. The van der Waals surface area contributed by atoms with Crippen molar-refractivity contribution in [1.82, 2.24) is 10.2 Å². The highest BCUT2D eigenvalue weighted by molar-refractivity contribution is 9.11. The van der Waals surface area contributed by atoms with Gasteiger partial charge in [0.15, 0.2) is 0 Å². The minimum Gasteiger partial charge on any atom is -0.353 e. The van der Waals surface area contributed by atoms with Crippen LogP contribution in [0.1, 0.15) is 9.67 Å². The number of halogens is 2. The van der Waals surface area contributed by atoms with Crippen LogP contribution in [0.5, 0.6) is 0 Å². The zero-order valence-electron chi connectivity index (χ0n) is 9.81. The average molecular weight is 357 g/mol. The molecule has 102 valence electrons. The second-order valence-corrected chi connectivity index (χ2v) is 5.87. The van der Waals surface area contributed by atoms with Crippen LogP contribution < -0.4 is 11.1 Å². The van der Waals surface area contributed by atoms with E-state index in [1.807, 2.05) is 0 Å². The second kappa shape index (κ2) is 8.47. The SMILES string of the molecule is CN(CC(=O)NCCN)C(=O)c1ccc(Br)s1.Cl. The van der Waals surface area contributed by atoms with Crippen LogP contribution in [-0.4, -0.2) is 43.4 Å². The third kappa shape index (κ3) is 5.34. The summed E-state index contributed by atoms with van der Waals surface area (Å²) in [5.74, 6) is -0.370. The molecule has 5 nitrogen and oxygen atoms in total. The zero-order chi connectivity index (χ0) is 12.8. The number of carbonyl (C=O) groups excluding carboxylic acids is 2. The van der Waals surface area contributed by atoms with Crippen LogP contribution in [0.25, 0.3) is 0 Å². The van der Waals surface area contributed by atoms with Gasteiger partial charge < -0.3 is 16.0 Å². The van der Waals surface area contributed by atoms with Crippen molar-refractivity contribution >= 4 is 51.5 Å². The molecule has 0 unspecified atom stereocenters. The number of likely N-dealkylation sites (N-methyl/N-ethyl adjacent to an activating group) is 1. The first kappa shape index (κ1) is 17.4. The number of hydrogen-bond donors (Lipinski definition) is 2. The van der Waals surface area contributed by atoms with Crippen LogP contribution in [0.4, 0.5) is 0 Å². The van der Waals surface area contributed by atoms with E-state index in [0.717, 1.165) is 3.79 Å². The lowest BCUT2D eigenvalue weighted by molar-refractivity contribution is -0.121. The first-order valence-electron chi connectivity index (χ1n) is 5.02. The molecule has 1 aromatic rings. The van der Waals surface area contributed by atoms with Gasteiger partial charge in [-0.05, 0) is 28.1 Å². The molecule has 2 amide bonds. The molecule has 0 saturated heterocycles. The van der Waals surface area contributed by atoms with Crippen molar-refractivity contribution in [2.24, 2.45) is 5.73 Å². The number of amides is 2. The van der Waals surface area contributed by atoms with Crippen LogP contribution in [0.15, 0.2) is 15.9 Å². The maximum atomic E-state index is 11.9. The maximum Gasteiger partial charge on any atom is 0.264 e. The molecule has 0 radical (unpaired) electrons. The molecule has 1 heterocycles. The van der Waals surface area contributed by atoms with Crippen LogP contribution >= 0.6 is 39.7 Å². The summed E-state index contributed by atoms with van der Waals surface area (Å²) in [6.45, 7) is 0.848. The number of rotatable bonds is 5. The van der Waals surface area contributed by atoms with E-state index in [9.17, 15) is 9.59 Å². The molecule has 8 heteroatoms. The predicted molar refractivity (Wildman–Crippen MR) is 78.3 cm³/mol. The molecule has 1 aromatic heterocycles. The van der Waals surface area contributed by atoms with Crippen LogP contribution in [0.3, 0.4) is 0 Å². The second-order valence-electron chi connectivity index (χ2n) is 3.40. The number of nitrogens with two attached hydrogens (primary N) is 1. The summed E-state index contributed by atoms with van der Waals surface area (Å²) in [7, 11) is 1.60. The summed E-state index contributed by atoms with van der Waals surface area (Å²) in [5, 5.41) is 2.61. The lowest BCUT2D eigenvalue weighted by Gasteiger charge is -2.15. The van der Waals surface area contributed by atoms with E-state index in [1.165, 1.54) is 16.2 Å². The summed E-state index contributed by atoms with van der Waals surface area (Å²) in [5.41, 5.74) is 5.26. The van der Waals surface area contributed by atoms with Crippen molar-refractivity contribution in [2.75, 3.05) is 26.7 Å². The van der Waals surface area contributed by atoms with Crippen molar-refractivity contribution < 1.29 is 9.59 Å². The van der Waals surface area contributed by atoms with Gasteiger partial charge in [-0.1, -0.05) is 0 Å². The molecule has 1 rings (SSSR count). The van der Waals surface area contributed by atoms with Crippen LogP contribution in [-0.2, 0) is 4.79 Å². The Morgan fingerprint density at radius 2 is 2.17 bits per heavy atom. The van der Waals surface area contributed by atoms with Gasteiger partial charge in [0.1, 0.15) is 0 Å². The van der Waals surface area contributed by atoms with E-state index >= 15 is 0 Å². The Kier molecular flexibility index (Phi) is 8.17. The third-order valence-electron chi connectivity index (χ3n) is 1.98. The highest BCUT2D eigenvalue weighted by atomic mass is 79.9. The maximum absolute atomic E-state index is 11.9. The Labute approximate surface area is 124 Å². The van der Waals surface area contributed by atoms with E-state index in [1.54, 1.807) is 19.2 Å². The van der Waals surface area contributed by atoms with Gasteiger partial charge in [-0.15, -0.1) is 23.7 Å². The number of nitrogens with zero attached hydrogens (tertiary/aromatic N) is 1. The normalized spacial score (nSPS) is 9.50. The van der Waals surface area contributed by atoms with Gasteiger partial charge in [0.05, 0.1) is 15.2 Å². The van der Waals surface area contributed by atoms with Gasteiger partial charge in [-0.2, -0.15) is 0 Å². The zero-order valence-corrected chi connectivity index (χ0v) is 13.0. The Balaban J connectivity index is 0.00000289. The lowest BCUT2D eigenvalue weighted by Crippen LogP contribution is -2.39. The van der Waals surface area contributed by atoms with Gasteiger partial charge in [-0.25, -0.2) is 0 Å². The van der Waals surface area contributed by atoms with E-state index in [2.05, 4.69) is 21.2 Å². The Bertz CT molecular complexity index is 414. The van der Waals surface area contributed by atoms with Crippen molar-refractivity contribution in [3.05, 3.63) is 20.8 Å². The monoisotopic (exact) mass is 355 g/mol. The fourth-order valence-electron chi connectivity index (χ4n) is 1.17. The summed E-state index contributed by atoms with van der Waals surface area (Å²) in [6.07, 6.45) is 0. The third-order valence-corrected chi connectivity index (χ3v) is 3.59. The van der Waals surface area contributed by atoms with Gasteiger partial charge >= 0.3 is 0 Å². The molecule has 0 spiro atoms. The molecule has 0 aliphatic heterocycles. The van der Waals surface area contributed by atoms with Gasteiger partial charge in [-0.3, -0.25) is 9.59 Å². The standard InChI is InChI=1S/C10H14BrN3O2S.ClH/c1-14(6-9(15)13-5-4-12)10(16)7-2-3-8(11)17-7;/h2-3H,4-6,12H2,1H3,(H,13,15);1H. The smallest absolute Gasteiger partial charge is 0.264 e. The van der Waals surface area contributed by atoms with E-state index in [4.69, 9.17) is 5.73 Å². The molecule has 3 N–H and O–H groups in total. The van der Waals surface area contributed by atoms with E-state index in [-0.39, 0.29) is 30.8 Å². The Morgan fingerprint density at radius 3 is 2.67 bits per heavy atom. The molecule has 0 atom stereocenters. The molecule has 0 fully saturated rings. The molecule has 0 saturated carbocycles. The van der Waals surface area contributed by atoms with Crippen molar-refractivity contribution in [3.8, 4) is 0 Å². The van der Waals surface area contributed by atoms with Crippen LogP contribution in [0.2, 0.25) is 0 Å². The topological polar surface area (TPSA) is 75.4 Å². The van der Waals surface area contributed by atoms with Crippen LogP contribution in [0, 0.1) is 0 Å². The van der Waals surface area contributed by atoms with Gasteiger partial charge in [0.25, 0.3) is 5.91 Å². The molecule has 0 bridgehead atoms. The number of nitrogens with one attached hydrogen (secondary N) is 1. The molecule has 0 aromatic carbocycles. The average Bonchev–Trinajstić information content (AvgIpc) is 2.72. The quantitative estimate of drug-likeness (QED) is 0.829. The van der Waals surface area contributed by atoms with E-state index < -0.39 is 0 Å². The number of carbonyl (C=O) groups is 2. The highest BCUT2D eigenvalue weighted by Gasteiger charge is 2.16. The first-order chi connectivity index (χ1) is 8.04. The summed E-state index contributed by atoms with van der Waals surface area (Å²) < 4.78 is 0.891. The van der Waals surface area contributed by atoms with Crippen molar-refractivity contribution in [2.45, 2.75) is 0 Å². The van der Waals surface area contributed by atoms with Gasteiger partial charge in [0.2, 0.25) is 5.91 Å². The molecular weight excluding hydrogens is 342 g/mol. The van der Waals surface area contributed by atoms with Crippen molar-refractivity contribution in [3.63, 3.8) is 0 Å².